The first-order chi connectivity index (χ1) is 16.1. The number of benzene rings is 3. The average molecular weight is 431 g/mol. The minimum absolute atomic E-state index is 0.180. The molecule has 0 aliphatic carbocycles. The first-order valence-electron chi connectivity index (χ1n) is 10.8. The molecule has 5 heteroatoms. The van der Waals surface area contributed by atoms with Gasteiger partial charge in [0.05, 0.1) is 11.0 Å². The van der Waals surface area contributed by atoms with Crippen LogP contribution in [0.25, 0.3) is 38.5 Å². The molecule has 0 aliphatic heterocycles. The maximum atomic E-state index is 10.4. The molecule has 0 bridgehead atoms. The van der Waals surface area contributed by atoms with E-state index in [1.807, 2.05) is 61.5 Å². The van der Waals surface area contributed by atoms with Crippen LogP contribution in [0.15, 0.2) is 85.1 Å². The molecule has 0 saturated heterocycles. The first-order valence-corrected chi connectivity index (χ1v) is 10.8. The Kier molecular flexibility index (Phi) is 4.30. The van der Waals surface area contributed by atoms with Crippen LogP contribution in [-0.2, 0) is 0 Å². The zero-order valence-corrected chi connectivity index (χ0v) is 18.3. The highest BCUT2D eigenvalue weighted by molar-refractivity contribution is 6.10. The number of hydrogen-bond acceptors (Lipinski definition) is 4. The Bertz CT molecular complexity index is 1670. The van der Waals surface area contributed by atoms with E-state index in [1.165, 1.54) is 10.9 Å². The number of pyridine rings is 2. The summed E-state index contributed by atoms with van der Waals surface area (Å²) in [6, 6.07) is 25.9. The summed E-state index contributed by atoms with van der Waals surface area (Å²) in [4.78, 5) is 9.17. The molecule has 0 spiro atoms. The van der Waals surface area contributed by atoms with Crippen LogP contribution in [0, 0.1) is 13.8 Å². The topological polar surface area (TPSA) is 60.2 Å². The monoisotopic (exact) mass is 431 g/mol. The second kappa shape index (κ2) is 7.35. The van der Waals surface area contributed by atoms with Crippen molar-refractivity contribution in [1.82, 2.24) is 14.5 Å². The van der Waals surface area contributed by atoms with Crippen LogP contribution in [0.2, 0.25) is 0 Å². The van der Waals surface area contributed by atoms with Gasteiger partial charge in [-0.2, -0.15) is 0 Å². The molecule has 5 nitrogen and oxygen atoms in total. The van der Waals surface area contributed by atoms with Crippen LogP contribution < -0.4 is 4.74 Å². The maximum Gasteiger partial charge on any atom is 0.219 e. The summed E-state index contributed by atoms with van der Waals surface area (Å²) in [5.74, 6) is 2.13. The zero-order chi connectivity index (χ0) is 22.5. The molecular weight excluding hydrogens is 410 g/mol. The van der Waals surface area contributed by atoms with Gasteiger partial charge in [0.25, 0.3) is 0 Å². The highest BCUT2D eigenvalue weighted by Gasteiger charge is 2.16. The van der Waals surface area contributed by atoms with Crippen molar-refractivity contribution in [2.45, 2.75) is 13.8 Å². The Morgan fingerprint density at radius 3 is 2.55 bits per heavy atom. The zero-order valence-electron chi connectivity index (χ0n) is 18.3. The lowest BCUT2D eigenvalue weighted by Gasteiger charge is -2.10. The molecule has 3 heterocycles. The number of phenolic OH excluding ortho intramolecular Hbond substituents is 1. The first kappa shape index (κ1) is 19.3. The molecule has 0 radical (unpaired) electrons. The normalized spacial score (nSPS) is 11.5. The van der Waals surface area contributed by atoms with Crippen LogP contribution in [0.1, 0.15) is 11.1 Å². The molecule has 6 rings (SSSR count). The van der Waals surface area contributed by atoms with Gasteiger partial charge in [-0.15, -0.1) is 0 Å². The fraction of sp³-hybridized carbons (Fsp3) is 0.0714. The van der Waals surface area contributed by atoms with Gasteiger partial charge in [0.15, 0.2) is 0 Å². The second-order valence-electron chi connectivity index (χ2n) is 8.23. The van der Waals surface area contributed by atoms with Crippen molar-refractivity contribution in [2.24, 2.45) is 0 Å². The van der Waals surface area contributed by atoms with E-state index < -0.39 is 0 Å². The molecule has 1 N–H and O–H groups in total. The number of phenols is 1. The lowest BCUT2D eigenvalue weighted by Crippen LogP contribution is -1.98. The number of rotatable bonds is 3. The number of aryl methyl sites for hydroxylation is 2. The molecule has 6 aromatic rings. The molecule has 3 aromatic heterocycles. The third kappa shape index (κ3) is 3.09. The van der Waals surface area contributed by atoms with E-state index in [-0.39, 0.29) is 5.75 Å². The number of hydrogen-bond donors (Lipinski definition) is 1. The van der Waals surface area contributed by atoms with Gasteiger partial charge in [0, 0.05) is 34.5 Å². The van der Waals surface area contributed by atoms with Crippen molar-refractivity contribution < 1.29 is 9.84 Å². The van der Waals surface area contributed by atoms with Gasteiger partial charge >= 0.3 is 0 Å². The predicted octanol–water partition coefficient (Wildman–Crippen LogP) is 6.84. The van der Waals surface area contributed by atoms with Crippen molar-refractivity contribution in [3.8, 4) is 23.2 Å². The van der Waals surface area contributed by atoms with E-state index in [0.717, 1.165) is 33.2 Å². The number of fused-ring (bicyclic) bond motifs is 4. The molecule has 160 valence electrons. The SMILES string of the molecule is Cc1ccc2ccc(Oc3ccc4c5cccc(C)c5n(-c5ccccn5)c4c3)nc2c1O. The lowest BCUT2D eigenvalue weighted by atomic mass is 10.1. The highest BCUT2D eigenvalue weighted by Crippen LogP contribution is 2.36. The number of nitrogens with zero attached hydrogens (tertiary/aromatic N) is 3. The average Bonchev–Trinajstić information content (AvgIpc) is 3.17. The summed E-state index contributed by atoms with van der Waals surface area (Å²) in [6.07, 6.45) is 1.80. The minimum Gasteiger partial charge on any atom is -0.505 e. The minimum atomic E-state index is 0.180. The summed E-state index contributed by atoms with van der Waals surface area (Å²) >= 11 is 0. The van der Waals surface area contributed by atoms with Gasteiger partial charge in [-0.3, -0.25) is 4.57 Å². The van der Waals surface area contributed by atoms with E-state index in [2.05, 4.69) is 45.7 Å². The van der Waals surface area contributed by atoms with Crippen molar-refractivity contribution in [1.29, 1.82) is 0 Å². The third-order valence-electron chi connectivity index (χ3n) is 6.07. The van der Waals surface area contributed by atoms with Gasteiger partial charge in [0.1, 0.15) is 22.8 Å². The Morgan fingerprint density at radius 2 is 1.70 bits per heavy atom. The fourth-order valence-corrected chi connectivity index (χ4v) is 4.44. The third-order valence-corrected chi connectivity index (χ3v) is 6.07. The van der Waals surface area contributed by atoms with Crippen molar-refractivity contribution in [3.05, 3.63) is 96.2 Å². The van der Waals surface area contributed by atoms with E-state index in [4.69, 9.17) is 4.74 Å². The Labute approximate surface area is 190 Å². The molecule has 0 amide bonds. The molecule has 33 heavy (non-hydrogen) atoms. The van der Waals surface area contributed by atoms with E-state index >= 15 is 0 Å². The largest absolute Gasteiger partial charge is 0.505 e. The van der Waals surface area contributed by atoms with Gasteiger partial charge in [-0.1, -0.05) is 36.4 Å². The van der Waals surface area contributed by atoms with Crippen molar-refractivity contribution in [2.75, 3.05) is 0 Å². The summed E-state index contributed by atoms with van der Waals surface area (Å²) in [5.41, 5.74) is 4.64. The van der Waals surface area contributed by atoms with Crippen molar-refractivity contribution in [3.63, 3.8) is 0 Å². The van der Waals surface area contributed by atoms with Gasteiger partial charge in [-0.25, -0.2) is 9.97 Å². The van der Waals surface area contributed by atoms with Gasteiger partial charge in [-0.05, 0) is 55.3 Å². The number of para-hydroxylation sites is 1. The van der Waals surface area contributed by atoms with E-state index in [9.17, 15) is 5.11 Å². The Balaban J connectivity index is 1.53. The molecule has 0 atom stereocenters. The van der Waals surface area contributed by atoms with Crippen LogP contribution in [0.4, 0.5) is 0 Å². The fourth-order valence-electron chi connectivity index (χ4n) is 4.44. The van der Waals surface area contributed by atoms with Crippen LogP contribution in [-0.4, -0.2) is 19.6 Å². The van der Waals surface area contributed by atoms with Crippen LogP contribution in [0.3, 0.4) is 0 Å². The highest BCUT2D eigenvalue weighted by atomic mass is 16.5. The van der Waals surface area contributed by atoms with Gasteiger partial charge in [0.2, 0.25) is 5.88 Å². The lowest BCUT2D eigenvalue weighted by molar-refractivity contribution is 0.459. The van der Waals surface area contributed by atoms with Crippen LogP contribution >= 0.6 is 0 Å². The molecule has 0 aliphatic rings. The quantitative estimate of drug-likeness (QED) is 0.333. The summed E-state index contributed by atoms with van der Waals surface area (Å²) in [5, 5.41) is 13.6. The number of ether oxygens (including phenoxy) is 1. The molecule has 3 aromatic carbocycles. The van der Waals surface area contributed by atoms with Crippen LogP contribution in [0.5, 0.6) is 17.4 Å². The summed E-state index contributed by atoms with van der Waals surface area (Å²) in [7, 11) is 0. The Morgan fingerprint density at radius 1 is 0.818 bits per heavy atom. The summed E-state index contributed by atoms with van der Waals surface area (Å²) < 4.78 is 8.33. The predicted molar refractivity (Wildman–Crippen MR) is 132 cm³/mol. The number of aromatic hydroxyl groups is 1. The molecular formula is C28H21N3O2. The van der Waals surface area contributed by atoms with Crippen molar-refractivity contribution >= 4 is 32.7 Å². The van der Waals surface area contributed by atoms with Gasteiger partial charge < -0.3 is 9.84 Å². The van der Waals surface area contributed by atoms with E-state index in [1.54, 1.807) is 6.20 Å². The summed E-state index contributed by atoms with van der Waals surface area (Å²) in [6.45, 7) is 3.97. The maximum absolute atomic E-state index is 10.4. The molecule has 0 saturated carbocycles. The van der Waals surface area contributed by atoms with E-state index in [0.29, 0.717) is 17.1 Å². The molecule has 0 fully saturated rings. The molecule has 0 unspecified atom stereocenters. The number of aromatic nitrogens is 3. The smallest absolute Gasteiger partial charge is 0.219 e. The Hall–Kier alpha value is -4.38. The standard InChI is InChI=1S/C28H21N3O2/c1-17-6-5-7-22-21-13-12-20(16-23(21)31(27(17)22)24-8-3-4-15-29-24)33-25-14-11-19-10-9-18(2)28(32)26(19)30-25/h3-16,32H,1-2H3. The second-order valence-corrected chi connectivity index (χ2v) is 8.23.